The number of fused-ring (bicyclic) bond motifs is 1. The molecule has 25 heavy (non-hydrogen) atoms. The number of guanidine groups is 1. The van der Waals surface area contributed by atoms with Gasteiger partial charge in [-0.25, -0.2) is 14.2 Å². The molecule has 0 saturated heterocycles. The molecule has 0 aliphatic heterocycles. The zero-order valence-electron chi connectivity index (χ0n) is 13.5. The van der Waals surface area contributed by atoms with E-state index in [2.05, 4.69) is 15.5 Å². The van der Waals surface area contributed by atoms with Crippen molar-refractivity contribution in [2.75, 3.05) is 0 Å². The second-order valence-corrected chi connectivity index (χ2v) is 5.80. The van der Waals surface area contributed by atoms with Crippen LogP contribution in [0.2, 0.25) is 0 Å². The molecule has 0 amide bonds. The normalized spacial score (nSPS) is 17.6. The summed E-state index contributed by atoms with van der Waals surface area (Å²) in [5.74, 6) is -1.49. The van der Waals surface area contributed by atoms with Crippen molar-refractivity contribution in [2.24, 2.45) is 10.8 Å². The summed E-state index contributed by atoms with van der Waals surface area (Å²) in [5, 5.41) is 11.4. The highest BCUT2D eigenvalue weighted by Gasteiger charge is 2.29. The van der Waals surface area contributed by atoms with Gasteiger partial charge < -0.3 is 5.73 Å². The van der Waals surface area contributed by atoms with Crippen LogP contribution in [0.25, 0.3) is 0 Å². The van der Waals surface area contributed by atoms with Crippen LogP contribution in [-0.2, 0) is 6.42 Å². The Hall–Kier alpha value is -2.54. The van der Waals surface area contributed by atoms with Crippen molar-refractivity contribution in [3.63, 3.8) is 0 Å². The van der Waals surface area contributed by atoms with Gasteiger partial charge in [0.1, 0.15) is 11.6 Å². The molecule has 0 spiro atoms. The fraction of sp³-hybridized carbons (Fsp3) is 0.235. The highest BCUT2D eigenvalue weighted by Crippen LogP contribution is 2.34. The van der Waals surface area contributed by atoms with Gasteiger partial charge in [-0.15, -0.1) is 12.4 Å². The molecule has 1 atom stereocenters. The summed E-state index contributed by atoms with van der Waals surface area (Å²) < 4.78 is 27.7. The lowest BCUT2D eigenvalue weighted by molar-refractivity contribution is 0.554. The minimum Gasteiger partial charge on any atom is -0.369 e. The van der Waals surface area contributed by atoms with Crippen molar-refractivity contribution in [3.05, 3.63) is 64.5 Å². The van der Waals surface area contributed by atoms with Crippen LogP contribution in [0.5, 0.6) is 0 Å². The topological polar surface area (TPSA) is 87.2 Å². The highest BCUT2D eigenvalue weighted by atomic mass is 35.5. The molecule has 5 nitrogen and oxygen atoms in total. The van der Waals surface area contributed by atoms with Gasteiger partial charge in [0.2, 0.25) is 5.96 Å². The smallest absolute Gasteiger partial charge is 0.206 e. The number of nitrogens with two attached hydrogens (primary N) is 1. The number of nitrogens with zero attached hydrogens (tertiary/aromatic N) is 2. The summed E-state index contributed by atoms with van der Waals surface area (Å²) in [6.07, 6.45) is 2.59. The van der Waals surface area contributed by atoms with Crippen LogP contribution in [-0.4, -0.2) is 16.7 Å². The average Bonchev–Trinajstić information content (AvgIpc) is 2.54. The number of nitrogens with one attached hydrogen (secondary N) is 2. The lowest BCUT2D eigenvalue weighted by Crippen LogP contribution is -2.30. The maximum absolute atomic E-state index is 14.2. The summed E-state index contributed by atoms with van der Waals surface area (Å²) in [6, 6.07) is 5.32. The Labute approximate surface area is 150 Å². The lowest BCUT2D eigenvalue weighted by atomic mass is 9.80. The van der Waals surface area contributed by atoms with E-state index >= 15 is 0 Å². The van der Waals surface area contributed by atoms with Crippen LogP contribution in [0.3, 0.4) is 0 Å². The van der Waals surface area contributed by atoms with Gasteiger partial charge in [0.25, 0.3) is 0 Å². The summed E-state index contributed by atoms with van der Waals surface area (Å²) in [5.41, 5.74) is 11.3. The van der Waals surface area contributed by atoms with E-state index < -0.39 is 11.6 Å². The number of hydrogen-bond acceptors (Lipinski definition) is 3. The molecule has 1 aliphatic rings. The molecule has 0 radical (unpaired) electrons. The second kappa shape index (κ2) is 7.57. The van der Waals surface area contributed by atoms with Crippen molar-refractivity contribution < 1.29 is 8.78 Å². The molecule has 2 aromatic rings. The predicted molar refractivity (Wildman–Crippen MR) is 95.2 cm³/mol. The van der Waals surface area contributed by atoms with Gasteiger partial charge in [-0.1, -0.05) is 0 Å². The molecule has 1 aromatic carbocycles. The fourth-order valence-electron chi connectivity index (χ4n) is 3.08. The van der Waals surface area contributed by atoms with Crippen LogP contribution in [0, 0.1) is 24.0 Å². The third-order valence-corrected chi connectivity index (χ3v) is 4.12. The average molecular weight is 366 g/mol. The summed E-state index contributed by atoms with van der Waals surface area (Å²) in [7, 11) is 0. The summed E-state index contributed by atoms with van der Waals surface area (Å²) >= 11 is 0. The van der Waals surface area contributed by atoms with E-state index in [1.54, 1.807) is 6.20 Å². The van der Waals surface area contributed by atoms with Gasteiger partial charge in [-0.3, -0.25) is 10.4 Å². The standard InChI is InChI=1S/C17H17F2N5.ClH/c1-9-4-5-22-14-6-10(12-8-11(18)2-3-13(12)19)7-15(16(9)14)23-24-17(20)21;/h2-5,8,10H,6-7H2,1H3,(H4,20,21,24);1H/b23-15-;. The molecule has 3 rings (SSSR count). The van der Waals surface area contributed by atoms with E-state index in [1.165, 1.54) is 6.07 Å². The number of aryl methyl sites for hydroxylation is 1. The van der Waals surface area contributed by atoms with Crippen LogP contribution < -0.4 is 11.2 Å². The Kier molecular flexibility index (Phi) is 5.69. The Balaban J connectivity index is 0.00000225. The van der Waals surface area contributed by atoms with Gasteiger partial charge in [-0.05, 0) is 61.1 Å². The highest BCUT2D eigenvalue weighted by molar-refractivity contribution is 6.04. The minimum absolute atomic E-state index is 0. The molecule has 1 aromatic heterocycles. The summed E-state index contributed by atoms with van der Waals surface area (Å²) in [6.45, 7) is 1.94. The number of rotatable bonds is 2. The molecule has 0 fully saturated rings. The first-order valence-corrected chi connectivity index (χ1v) is 7.52. The monoisotopic (exact) mass is 365 g/mol. The molecule has 1 aliphatic carbocycles. The van der Waals surface area contributed by atoms with Crippen molar-refractivity contribution in [2.45, 2.75) is 25.7 Å². The Morgan fingerprint density at radius 2 is 2.08 bits per heavy atom. The number of aromatic nitrogens is 1. The first kappa shape index (κ1) is 18.8. The van der Waals surface area contributed by atoms with Gasteiger partial charge in [0, 0.05) is 11.8 Å². The molecule has 4 N–H and O–H groups in total. The Morgan fingerprint density at radius 1 is 1.32 bits per heavy atom. The molecule has 1 unspecified atom stereocenters. The van der Waals surface area contributed by atoms with Gasteiger partial charge in [-0.2, -0.15) is 5.10 Å². The quantitative estimate of drug-likeness (QED) is 0.434. The number of benzene rings is 1. The second-order valence-electron chi connectivity index (χ2n) is 5.80. The van der Waals surface area contributed by atoms with E-state index in [1.807, 2.05) is 13.0 Å². The molecule has 0 bridgehead atoms. The van der Waals surface area contributed by atoms with E-state index in [4.69, 9.17) is 11.1 Å². The molecule has 1 heterocycles. The largest absolute Gasteiger partial charge is 0.369 e. The van der Waals surface area contributed by atoms with Gasteiger partial charge >= 0.3 is 0 Å². The Bertz CT molecular complexity index is 838. The fourth-order valence-corrected chi connectivity index (χ4v) is 3.08. The van der Waals surface area contributed by atoms with Gasteiger partial charge in [0.05, 0.1) is 11.4 Å². The molecule has 132 valence electrons. The maximum Gasteiger partial charge on any atom is 0.206 e. The van der Waals surface area contributed by atoms with Gasteiger partial charge in [0.15, 0.2) is 0 Å². The van der Waals surface area contributed by atoms with Crippen molar-refractivity contribution in [1.82, 2.24) is 10.4 Å². The first-order chi connectivity index (χ1) is 11.5. The van der Waals surface area contributed by atoms with Crippen molar-refractivity contribution in [3.8, 4) is 0 Å². The predicted octanol–water partition coefficient (Wildman–Crippen LogP) is 3.01. The zero-order chi connectivity index (χ0) is 17.3. The van der Waals surface area contributed by atoms with Crippen LogP contribution in [0.15, 0.2) is 35.6 Å². The molecular formula is C17H18ClF2N5. The zero-order valence-corrected chi connectivity index (χ0v) is 14.3. The van der Waals surface area contributed by atoms with Crippen LogP contribution in [0.4, 0.5) is 8.78 Å². The van der Waals surface area contributed by atoms with E-state index in [9.17, 15) is 8.78 Å². The molecule has 8 heteroatoms. The Morgan fingerprint density at radius 3 is 2.80 bits per heavy atom. The maximum atomic E-state index is 14.2. The first-order valence-electron chi connectivity index (χ1n) is 7.52. The number of hydrazone groups is 1. The van der Waals surface area contributed by atoms with Crippen LogP contribution >= 0.6 is 12.4 Å². The number of hydrogen-bond donors (Lipinski definition) is 3. The number of pyridine rings is 1. The third kappa shape index (κ3) is 3.93. The van der Waals surface area contributed by atoms with Crippen molar-refractivity contribution >= 4 is 24.1 Å². The SMILES string of the molecule is Cc1ccnc2c1/C(=N\NC(=N)N)CC(c1cc(F)ccc1F)C2.Cl. The van der Waals surface area contributed by atoms with Crippen LogP contribution in [0.1, 0.15) is 34.7 Å². The van der Waals surface area contributed by atoms with E-state index in [0.29, 0.717) is 24.1 Å². The summed E-state index contributed by atoms with van der Waals surface area (Å²) in [4.78, 5) is 4.38. The number of halogens is 3. The van der Waals surface area contributed by atoms with Crippen molar-refractivity contribution in [1.29, 1.82) is 5.41 Å². The third-order valence-electron chi connectivity index (χ3n) is 4.12. The molecule has 0 saturated carbocycles. The minimum atomic E-state index is -0.477. The lowest BCUT2D eigenvalue weighted by Gasteiger charge is -2.27. The van der Waals surface area contributed by atoms with E-state index in [-0.39, 0.29) is 24.3 Å². The van der Waals surface area contributed by atoms with E-state index in [0.717, 1.165) is 29.0 Å². The molecular weight excluding hydrogens is 348 g/mol.